The molecule has 3 rings (SSSR count). The molecule has 1 saturated carbocycles. The molecule has 0 aromatic heterocycles. The van der Waals surface area contributed by atoms with Crippen LogP contribution in [0.3, 0.4) is 0 Å². The number of nitrogens with zero attached hydrogens (tertiary/aromatic N) is 2. The number of rotatable bonds is 7. The van der Waals surface area contributed by atoms with E-state index in [-0.39, 0.29) is 30.8 Å². The number of anilines is 1. The van der Waals surface area contributed by atoms with Gasteiger partial charge in [-0.15, -0.1) is 0 Å². The van der Waals surface area contributed by atoms with Gasteiger partial charge in [0.25, 0.3) is 0 Å². The normalized spacial score (nSPS) is 23.6. The van der Waals surface area contributed by atoms with Crippen molar-refractivity contribution >= 4 is 27.5 Å². The summed E-state index contributed by atoms with van der Waals surface area (Å²) in [6.07, 6.45) is 7.44. The number of amides is 2. The number of benzene rings is 1. The molecule has 2 fully saturated rings. The Morgan fingerprint density at radius 3 is 2.27 bits per heavy atom. The minimum atomic E-state index is -3.64. The van der Waals surface area contributed by atoms with Crippen LogP contribution in [0.5, 0.6) is 5.75 Å². The van der Waals surface area contributed by atoms with E-state index >= 15 is 0 Å². The highest BCUT2D eigenvalue weighted by molar-refractivity contribution is 7.89. The van der Waals surface area contributed by atoms with Crippen LogP contribution in [0.4, 0.5) is 5.69 Å². The molecule has 0 unspecified atom stereocenters. The molecule has 33 heavy (non-hydrogen) atoms. The van der Waals surface area contributed by atoms with E-state index in [2.05, 4.69) is 5.32 Å². The Bertz CT molecular complexity index is 926. The molecule has 1 aliphatic carbocycles. The number of hydrogen-bond donors (Lipinski definition) is 1. The lowest BCUT2D eigenvalue weighted by molar-refractivity contribution is -0.133. The van der Waals surface area contributed by atoms with Gasteiger partial charge in [-0.05, 0) is 57.9 Å². The minimum absolute atomic E-state index is 0.0325. The zero-order chi connectivity index (χ0) is 24.1. The van der Waals surface area contributed by atoms with E-state index in [1.54, 1.807) is 38.1 Å². The molecule has 0 bridgehead atoms. The first kappa shape index (κ1) is 25.5. The average molecular weight is 480 g/mol. The first-order valence-corrected chi connectivity index (χ1v) is 13.7. The Hall–Kier alpha value is -2.13. The average Bonchev–Trinajstić information content (AvgIpc) is 2.76. The molecule has 1 heterocycles. The summed E-state index contributed by atoms with van der Waals surface area (Å²) in [5.41, 5.74) is -0.820. The standard InChI is InChI=1S/C24H37N3O5S/c1-4-32-21-15-13-20(14-16-21)27-22(28)17-26(33(30,31)5-2)18-24(27,3)23(29)25-19-11-9-7-6-8-10-12-19/h13-16,19H,4-12,17-18H2,1-3H3,(H,25,29)/t24-/m1/s1. The molecule has 2 amide bonds. The van der Waals surface area contributed by atoms with E-state index in [0.717, 1.165) is 42.8 Å². The van der Waals surface area contributed by atoms with Crippen LogP contribution in [-0.4, -0.2) is 61.6 Å². The number of carbonyl (C=O) groups is 2. The van der Waals surface area contributed by atoms with Crippen molar-refractivity contribution in [3.05, 3.63) is 24.3 Å². The van der Waals surface area contributed by atoms with Crippen molar-refractivity contribution in [2.45, 2.75) is 77.3 Å². The zero-order valence-electron chi connectivity index (χ0n) is 20.0. The van der Waals surface area contributed by atoms with Gasteiger partial charge in [-0.25, -0.2) is 8.42 Å². The maximum atomic E-state index is 13.7. The van der Waals surface area contributed by atoms with E-state index in [4.69, 9.17) is 4.74 Å². The summed E-state index contributed by atoms with van der Waals surface area (Å²) >= 11 is 0. The summed E-state index contributed by atoms with van der Waals surface area (Å²) < 4.78 is 32.0. The van der Waals surface area contributed by atoms with Crippen LogP contribution < -0.4 is 15.0 Å². The maximum absolute atomic E-state index is 13.7. The third-order valence-electron chi connectivity index (χ3n) is 6.63. The van der Waals surface area contributed by atoms with Crippen LogP contribution in [-0.2, 0) is 19.6 Å². The molecule has 0 spiro atoms. The molecule has 1 atom stereocenters. The van der Waals surface area contributed by atoms with Crippen LogP contribution in [0, 0.1) is 0 Å². The lowest BCUT2D eigenvalue weighted by atomic mass is 9.92. The van der Waals surface area contributed by atoms with Crippen LogP contribution >= 0.6 is 0 Å². The molecule has 1 aromatic rings. The number of sulfonamides is 1. The molecule has 8 nitrogen and oxygen atoms in total. The Balaban J connectivity index is 1.93. The highest BCUT2D eigenvalue weighted by Gasteiger charge is 2.51. The van der Waals surface area contributed by atoms with Crippen molar-refractivity contribution in [3.63, 3.8) is 0 Å². The second kappa shape index (κ2) is 10.9. The molecule has 2 aliphatic rings. The first-order chi connectivity index (χ1) is 15.7. The van der Waals surface area contributed by atoms with Crippen LogP contribution in [0.2, 0.25) is 0 Å². The fourth-order valence-corrected chi connectivity index (χ4v) is 5.87. The van der Waals surface area contributed by atoms with Crippen molar-refractivity contribution in [2.24, 2.45) is 0 Å². The largest absolute Gasteiger partial charge is 0.494 e. The number of ether oxygens (including phenoxy) is 1. The van der Waals surface area contributed by atoms with Gasteiger partial charge in [0.05, 0.1) is 18.9 Å². The Morgan fingerprint density at radius 1 is 1.09 bits per heavy atom. The van der Waals surface area contributed by atoms with E-state index in [1.807, 2.05) is 6.92 Å². The topological polar surface area (TPSA) is 96.0 Å². The number of piperazine rings is 1. The van der Waals surface area contributed by atoms with Gasteiger partial charge in [-0.3, -0.25) is 14.5 Å². The van der Waals surface area contributed by atoms with Gasteiger partial charge in [-0.2, -0.15) is 4.31 Å². The number of carbonyl (C=O) groups excluding carboxylic acids is 2. The van der Waals surface area contributed by atoms with Crippen LogP contribution in [0.25, 0.3) is 0 Å². The zero-order valence-corrected chi connectivity index (χ0v) is 20.8. The third kappa shape index (κ3) is 5.87. The predicted molar refractivity (Wildman–Crippen MR) is 129 cm³/mol. The molecular weight excluding hydrogens is 442 g/mol. The summed E-state index contributed by atoms with van der Waals surface area (Å²) in [5, 5.41) is 3.16. The monoisotopic (exact) mass is 479 g/mol. The van der Waals surface area contributed by atoms with Gasteiger partial charge < -0.3 is 10.1 Å². The fourth-order valence-electron chi connectivity index (χ4n) is 4.75. The summed E-state index contributed by atoms with van der Waals surface area (Å²) in [6, 6.07) is 7.04. The van der Waals surface area contributed by atoms with Crippen molar-refractivity contribution < 1.29 is 22.7 Å². The van der Waals surface area contributed by atoms with Gasteiger partial charge in [0.15, 0.2) is 0 Å². The Morgan fingerprint density at radius 2 is 1.70 bits per heavy atom. The third-order valence-corrected chi connectivity index (χ3v) is 8.41. The summed E-state index contributed by atoms with van der Waals surface area (Å²) in [7, 11) is -3.64. The minimum Gasteiger partial charge on any atom is -0.494 e. The molecule has 1 aromatic carbocycles. The van der Waals surface area contributed by atoms with Gasteiger partial charge >= 0.3 is 0 Å². The highest BCUT2D eigenvalue weighted by atomic mass is 32.2. The SMILES string of the molecule is CCOc1ccc(N2C(=O)CN(S(=O)(=O)CC)C[C@]2(C)C(=O)NC2CCCCCCC2)cc1. The maximum Gasteiger partial charge on any atom is 0.247 e. The molecular formula is C24H37N3O5S. The lowest BCUT2D eigenvalue weighted by Gasteiger charge is -2.47. The van der Waals surface area contributed by atoms with Crippen molar-refractivity contribution in [1.29, 1.82) is 0 Å². The summed E-state index contributed by atoms with van der Waals surface area (Å²) in [4.78, 5) is 28.5. The molecule has 9 heteroatoms. The Labute approximate surface area is 197 Å². The molecule has 0 radical (unpaired) electrons. The summed E-state index contributed by atoms with van der Waals surface area (Å²) in [6.45, 7) is 5.26. The number of hydrogen-bond acceptors (Lipinski definition) is 5. The predicted octanol–water partition coefficient (Wildman–Crippen LogP) is 3.07. The van der Waals surface area contributed by atoms with Crippen molar-refractivity contribution in [1.82, 2.24) is 9.62 Å². The Kier molecular flexibility index (Phi) is 8.39. The second-order valence-electron chi connectivity index (χ2n) is 9.11. The van der Waals surface area contributed by atoms with E-state index in [0.29, 0.717) is 18.0 Å². The van der Waals surface area contributed by atoms with Gasteiger partial charge in [0.1, 0.15) is 11.3 Å². The highest BCUT2D eigenvalue weighted by Crippen LogP contribution is 2.32. The fraction of sp³-hybridized carbons (Fsp3) is 0.667. The van der Waals surface area contributed by atoms with E-state index in [1.165, 1.54) is 11.3 Å². The van der Waals surface area contributed by atoms with Crippen LogP contribution in [0.15, 0.2) is 24.3 Å². The lowest BCUT2D eigenvalue weighted by Crippen LogP contribution is -2.70. The van der Waals surface area contributed by atoms with Crippen molar-refractivity contribution in [3.8, 4) is 5.75 Å². The van der Waals surface area contributed by atoms with Gasteiger partial charge in [0, 0.05) is 18.3 Å². The number of nitrogens with one attached hydrogen (secondary N) is 1. The second-order valence-corrected chi connectivity index (χ2v) is 11.4. The summed E-state index contributed by atoms with van der Waals surface area (Å²) in [5.74, 6) is -0.186. The van der Waals surface area contributed by atoms with E-state index < -0.39 is 21.5 Å². The quantitative estimate of drug-likeness (QED) is 0.648. The van der Waals surface area contributed by atoms with E-state index in [9.17, 15) is 18.0 Å². The molecule has 1 saturated heterocycles. The molecule has 1 N–H and O–H groups in total. The van der Waals surface area contributed by atoms with Crippen LogP contribution in [0.1, 0.15) is 65.7 Å². The molecule has 184 valence electrons. The molecule has 1 aliphatic heterocycles. The first-order valence-electron chi connectivity index (χ1n) is 12.1. The van der Waals surface area contributed by atoms with Gasteiger partial charge in [0.2, 0.25) is 21.8 Å². The smallest absolute Gasteiger partial charge is 0.247 e. The van der Waals surface area contributed by atoms with Gasteiger partial charge in [-0.1, -0.05) is 32.1 Å². The van der Waals surface area contributed by atoms with Crippen molar-refractivity contribution in [2.75, 3.05) is 30.3 Å².